The smallest absolute Gasteiger partial charge is 0.319 e. The fraction of sp³-hybridized carbons (Fsp3) is 0.0357. The molecule has 64 heavy (non-hydrogen) atoms. The number of phenolic OH excluding ortho intramolecular Hbond substituents is 2. The number of phenols is 2. The quantitative estimate of drug-likeness (QED) is 0.0895. The lowest BCUT2D eigenvalue weighted by atomic mass is 9.88. The van der Waals surface area contributed by atoms with Crippen LogP contribution in [0.1, 0.15) is 11.1 Å². The van der Waals surface area contributed by atoms with Crippen LogP contribution in [0.5, 0.6) is 11.5 Å². The second kappa shape index (κ2) is 14.5. The number of anilines is 2. The minimum atomic E-state index is -0.425. The average molecular weight is 831 g/mol. The molecule has 12 rings (SSSR count). The molecule has 0 radical (unpaired) electrons. The zero-order valence-electron chi connectivity index (χ0n) is 34.3. The SMILES string of the molecule is O=C(NCc1cc2ccccc2c(-c2c(O)c(CNC(=O)Nc3ccc4ccc5cccc6ccc3c4c56)cc3ccccc23)c1O)Nc1ccc2ccc3cccc4ccc1c2c34. The van der Waals surface area contributed by atoms with Gasteiger partial charge in [-0.3, -0.25) is 0 Å². The highest BCUT2D eigenvalue weighted by molar-refractivity contribution is 6.27. The van der Waals surface area contributed by atoms with Gasteiger partial charge >= 0.3 is 12.1 Å². The van der Waals surface area contributed by atoms with E-state index in [1.807, 2.05) is 97.1 Å². The Kier molecular flexibility index (Phi) is 8.42. The number of carbonyl (C=O) groups is 2. The van der Waals surface area contributed by atoms with Crippen molar-refractivity contribution in [2.75, 3.05) is 10.6 Å². The van der Waals surface area contributed by atoms with Crippen LogP contribution in [0.15, 0.2) is 170 Å². The van der Waals surface area contributed by atoms with Gasteiger partial charge in [0.1, 0.15) is 11.5 Å². The lowest BCUT2D eigenvalue weighted by Gasteiger charge is -2.20. The minimum Gasteiger partial charge on any atom is -0.507 e. The Morgan fingerprint density at radius 2 is 0.703 bits per heavy atom. The fourth-order valence-corrected chi connectivity index (χ4v) is 9.94. The van der Waals surface area contributed by atoms with E-state index >= 15 is 0 Å². The maximum atomic E-state index is 13.7. The van der Waals surface area contributed by atoms with E-state index in [1.165, 1.54) is 0 Å². The number of urea groups is 2. The zero-order valence-corrected chi connectivity index (χ0v) is 34.3. The molecular formula is C56H38N4O4. The van der Waals surface area contributed by atoms with E-state index in [2.05, 4.69) is 94.1 Å². The summed E-state index contributed by atoms with van der Waals surface area (Å²) in [5.41, 5.74) is 3.15. The van der Waals surface area contributed by atoms with Gasteiger partial charge in [-0.05, 0) is 99.7 Å². The predicted molar refractivity (Wildman–Crippen MR) is 262 cm³/mol. The monoisotopic (exact) mass is 830 g/mol. The topological polar surface area (TPSA) is 123 Å². The Hall–Kier alpha value is -8.62. The van der Waals surface area contributed by atoms with Crippen LogP contribution < -0.4 is 21.3 Å². The molecule has 306 valence electrons. The second-order valence-electron chi connectivity index (χ2n) is 16.5. The molecular weight excluding hydrogens is 793 g/mol. The van der Waals surface area contributed by atoms with Crippen molar-refractivity contribution in [3.8, 4) is 22.6 Å². The summed E-state index contributed by atoms with van der Waals surface area (Å²) in [5, 5.41) is 52.7. The van der Waals surface area contributed by atoms with Crippen molar-refractivity contribution in [2.45, 2.75) is 13.1 Å². The van der Waals surface area contributed by atoms with E-state index in [1.54, 1.807) is 0 Å². The van der Waals surface area contributed by atoms with Crippen LogP contribution in [0.4, 0.5) is 21.0 Å². The molecule has 0 aliphatic heterocycles. The molecule has 8 nitrogen and oxygen atoms in total. The van der Waals surface area contributed by atoms with Crippen molar-refractivity contribution < 1.29 is 19.8 Å². The summed E-state index contributed by atoms with van der Waals surface area (Å²) in [5.74, 6) is -0.141. The Morgan fingerprint density at radius 3 is 1.12 bits per heavy atom. The highest BCUT2D eigenvalue weighted by Crippen LogP contribution is 2.48. The van der Waals surface area contributed by atoms with Gasteiger partial charge in [-0.1, -0.05) is 146 Å². The first-order valence-electron chi connectivity index (χ1n) is 21.3. The molecule has 0 fully saturated rings. The third-order valence-corrected chi connectivity index (χ3v) is 12.9. The number of amides is 4. The molecule has 0 aliphatic carbocycles. The summed E-state index contributed by atoms with van der Waals surface area (Å²) >= 11 is 0. The second-order valence-corrected chi connectivity index (χ2v) is 16.5. The van der Waals surface area contributed by atoms with E-state index < -0.39 is 12.1 Å². The molecule has 0 saturated carbocycles. The summed E-state index contributed by atoms with van der Waals surface area (Å²) < 4.78 is 0. The van der Waals surface area contributed by atoms with Crippen LogP contribution in [0, 0.1) is 0 Å². The van der Waals surface area contributed by atoms with Crippen molar-refractivity contribution in [2.24, 2.45) is 0 Å². The Labute approximate surface area is 366 Å². The number of hydrogen-bond donors (Lipinski definition) is 6. The summed E-state index contributed by atoms with van der Waals surface area (Å²) in [6.07, 6.45) is 0. The number of hydrogen-bond acceptors (Lipinski definition) is 4. The number of rotatable bonds is 7. The number of carbonyl (C=O) groups excluding carboxylic acids is 2. The molecule has 12 aromatic rings. The van der Waals surface area contributed by atoms with Crippen LogP contribution in [-0.4, -0.2) is 22.3 Å². The molecule has 0 spiro atoms. The van der Waals surface area contributed by atoms with Crippen LogP contribution >= 0.6 is 0 Å². The maximum Gasteiger partial charge on any atom is 0.319 e. The Bertz CT molecular complexity index is 3600. The van der Waals surface area contributed by atoms with Crippen molar-refractivity contribution in [1.29, 1.82) is 0 Å². The standard InChI is InChI=1S/C56H38N4O4/c61-53-39(29-57-55(63)59-45-25-21-35-17-15-31-9-5-11-33-19-23-43(45)49(35)47(31)33)27-37-7-1-3-13-41(37)51(53)52-42-14-4-2-8-38(42)28-40(54(52)62)30-58-56(64)60-46-26-22-36-18-16-32-10-6-12-34-20-24-44(46)50(36)48(32)34/h1-28,61-62H,29-30H2,(H2,57,59,63)(H2,58,60,64). The van der Waals surface area contributed by atoms with Gasteiger partial charge in [0.25, 0.3) is 0 Å². The van der Waals surface area contributed by atoms with Crippen molar-refractivity contribution in [3.63, 3.8) is 0 Å². The van der Waals surface area contributed by atoms with Crippen LogP contribution in [0.25, 0.3) is 97.3 Å². The fourth-order valence-electron chi connectivity index (χ4n) is 9.94. The van der Waals surface area contributed by atoms with E-state index in [9.17, 15) is 19.8 Å². The zero-order chi connectivity index (χ0) is 43.1. The molecule has 8 heteroatoms. The average Bonchev–Trinajstić information content (AvgIpc) is 3.32. The third-order valence-electron chi connectivity index (χ3n) is 12.9. The van der Waals surface area contributed by atoms with Gasteiger partial charge in [0, 0.05) is 46.1 Å². The molecule has 6 N–H and O–H groups in total. The third kappa shape index (κ3) is 5.91. The Morgan fingerprint density at radius 1 is 0.359 bits per heavy atom. The number of aromatic hydroxyl groups is 2. The van der Waals surface area contributed by atoms with Gasteiger partial charge in [-0.25, -0.2) is 9.59 Å². The summed E-state index contributed by atoms with van der Waals surface area (Å²) in [7, 11) is 0. The van der Waals surface area contributed by atoms with Gasteiger partial charge in [-0.2, -0.15) is 0 Å². The first-order valence-corrected chi connectivity index (χ1v) is 21.3. The molecule has 0 bridgehead atoms. The largest absolute Gasteiger partial charge is 0.507 e. The van der Waals surface area contributed by atoms with E-state index in [4.69, 9.17) is 0 Å². The molecule has 0 aromatic heterocycles. The Balaban J connectivity index is 0.854. The molecule has 4 amide bonds. The molecule has 0 heterocycles. The van der Waals surface area contributed by atoms with E-state index in [-0.39, 0.29) is 24.6 Å². The maximum absolute atomic E-state index is 13.7. The predicted octanol–water partition coefficient (Wildman–Crippen LogP) is 13.5. The van der Waals surface area contributed by atoms with Gasteiger partial charge in [0.05, 0.1) is 11.4 Å². The number of fused-ring (bicyclic) bond motifs is 2. The first kappa shape index (κ1) is 37.2. The summed E-state index contributed by atoms with van der Waals surface area (Å²) in [4.78, 5) is 27.3. The first-order chi connectivity index (χ1) is 31.4. The van der Waals surface area contributed by atoms with Gasteiger partial charge in [0.15, 0.2) is 0 Å². The summed E-state index contributed by atoms with van der Waals surface area (Å²) in [6.45, 7) is 0.00893. The number of nitrogens with one attached hydrogen (secondary N) is 4. The van der Waals surface area contributed by atoms with Crippen LogP contribution in [0.3, 0.4) is 0 Å². The lowest BCUT2D eigenvalue weighted by molar-refractivity contribution is 0.251. The van der Waals surface area contributed by atoms with Crippen LogP contribution in [-0.2, 0) is 13.1 Å². The van der Waals surface area contributed by atoms with E-state index in [0.29, 0.717) is 33.6 Å². The van der Waals surface area contributed by atoms with Crippen LogP contribution in [0.2, 0.25) is 0 Å². The molecule has 0 unspecified atom stereocenters. The number of benzene rings is 12. The normalized spacial score (nSPS) is 11.8. The van der Waals surface area contributed by atoms with Gasteiger partial charge in [0.2, 0.25) is 0 Å². The lowest BCUT2D eigenvalue weighted by Crippen LogP contribution is -2.28. The molecule has 12 aromatic carbocycles. The van der Waals surface area contributed by atoms with Crippen molar-refractivity contribution in [1.82, 2.24) is 10.6 Å². The van der Waals surface area contributed by atoms with Gasteiger partial charge in [-0.15, -0.1) is 0 Å². The molecule has 0 atom stereocenters. The minimum absolute atomic E-state index is 0.00446. The summed E-state index contributed by atoms with van der Waals surface area (Å²) in [6, 6.07) is 55.3. The van der Waals surface area contributed by atoms with Gasteiger partial charge < -0.3 is 31.5 Å². The van der Waals surface area contributed by atoms with Crippen molar-refractivity contribution >= 4 is 110 Å². The molecule has 0 aliphatic rings. The van der Waals surface area contributed by atoms with Crippen molar-refractivity contribution in [3.05, 3.63) is 181 Å². The van der Waals surface area contributed by atoms with E-state index in [0.717, 1.165) is 86.2 Å². The highest BCUT2D eigenvalue weighted by atomic mass is 16.3. The highest BCUT2D eigenvalue weighted by Gasteiger charge is 2.23. The molecule has 0 saturated heterocycles.